The fraction of sp³-hybridized carbons (Fsp3) is 0.778. The SMILES string of the molecule is C=CC(C)(CC)CCC. The standard InChI is InChI=1S/C9H18/c1-5-8-9(4,6-2)7-3/h6H,2,5,7-8H2,1,3-4H3. The van der Waals surface area contributed by atoms with Gasteiger partial charge in [0.2, 0.25) is 0 Å². The monoisotopic (exact) mass is 126 g/mol. The van der Waals surface area contributed by atoms with E-state index in [4.69, 9.17) is 0 Å². The van der Waals surface area contributed by atoms with Gasteiger partial charge in [0, 0.05) is 0 Å². The lowest BCUT2D eigenvalue weighted by atomic mass is 9.83. The molecule has 0 N–H and O–H groups in total. The van der Waals surface area contributed by atoms with E-state index in [1.807, 2.05) is 0 Å². The largest absolute Gasteiger partial charge is 0.103 e. The van der Waals surface area contributed by atoms with E-state index in [2.05, 4.69) is 33.4 Å². The molecule has 0 saturated carbocycles. The van der Waals surface area contributed by atoms with E-state index < -0.39 is 0 Å². The smallest absolute Gasteiger partial charge is 0.0152 e. The van der Waals surface area contributed by atoms with Gasteiger partial charge in [0.15, 0.2) is 0 Å². The number of rotatable bonds is 4. The van der Waals surface area contributed by atoms with Crippen LogP contribution >= 0.6 is 0 Å². The summed E-state index contributed by atoms with van der Waals surface area (Å²) in [5, 5.41) is 0. The van der Waals surface area contributed by atoms with Crippen molar-refractivity contribution in [3.63, 3.8) is 0 Å². The van der Waals surface area contributed by atoms with Gasteiger partial charge in [-0.3, -0.25) is 0 Å². The Balaban J connectivity index is 3.76. The second-order valence-electron chi connectivity index (χ2n) is 2.96. The Morgan fingerprint density at radius 2 is 2.00 bits per heavy atom. The molecule has 0 aromatic rings. The molecule has 0 heterocycles. The highest BCUT2D eigenvalue weighted by molar-refractivity contribution is 4.89. The van der Waals surface area contributed by atoms with Crippen LogP contribution in [0.2, 0.25) is 0 Å². The molecule has 0 aromatic carbocycles. The van der Waals surface area contributed by atoms with E-state index in [0.29, 0.717) is 5.41 Å². The number of allylic oxidation sites excluding steroid dienone is 1. The van der Waals surface area contributed by atoms with Crippen molar-refractivity contribution in [3.05, 3.63) is 12.7 Å². The number of hydrogen-bond donors (Lipinski definition) is 0. The topological polar surface area (TPSA) is 0 Å². The summed E-state index contributed by atoms with van der Waals surface area (Å²) in [5.41, 5.74) is 0.398. The molecule has 0 saturated heterocycles. The molecular weight excluding hydrogens is 108 g/mol. The second-order valence-corrected chi connectivity index (χ2v) is 2.96. The maximum atomic E-state index is 3.82. The third-order valence-electron chi connectivity index (χ3n) is 2.12. The average Bonchev–Trinajstić information content (AvgIpc) is 1.89. The van der Waals surface area contributed by atoms with Gasteiger partial charge in [-0.1, -0.05) is 33.3 Å². The van der Waals surface area contributed by atoms with E-state index >= 15 is 0 Å². The minimum atomic E-state index is 0.398. The predicted octanol–water partition coefficient (Wildman–Crippen LogP) is 3.39. The molecule has 0 amide bonds. The molecule has 9 heavy (non-hydrogen) atoms. The third-order valence-corrected chi connectivity index (χ3v) is 2.12. The Morgan fingerprint density at radius 3 is 2.11 bits per heavy atom. The molecule has 0 bridgehead atoms. The molecule has 0 radical (unpaired) electrons. The van der Waals surface area contributed by atoms with Gasteiger partial charge in [0.1, 0.15) is 0 Å². The van der Waals surface area contributed by atoms with Gasteiger partial charge in [0.25, 0.3) is 0 Å². The van der Waals surface area contributed by atoms with E-state index in [1.165, 1.54) is 19.3 Å². The van der Waals surface area contributed by atoms with Crippen LogP contribution in [0.15, 0.2) is 12.7 Å². The molecular formula is C9H18. The average molecular weight is 126 g/mol. The van der Waals surface area contributed by atoms with Crippen molar-refractivity contribution in [3.8, 4) is 0 Å². The van der Waals surface area contributed by atoms with E-state index in [1.54, 1.807) is 0 Å². The first-order valence-electron chi connectivity index (χ1n) is 3.82. The fourth-order valence-corrected chi connectivity index (χ4v) is 0.994. The number of hydrogen-bond acceptors (Lipinski definition) is 0. The van der Waals surface area contributed by atoms with Crippen LogP contribution in [0.5, 0.6) is 0 Å². The Morgan fingerprint density at radius 1 is 1.44 bits per heavy atom. The van der Waals surface area contributed by atoms with Gasteiger partial charge in [-0.25, -0.2) is 0 Å². The van der Waals surface area contributed by atoms with Gasteiger partial charge < -0.3 is 0 Å². The third kappa shape index (κ3) is 2.69. The highest BCUT2D eigenvalue weighted by Gasteiger charge is 2.14. The summed E-state index contributed by atoms with van der Waals surface area (Å²) in [5.74, 6) is 0. The van der Waals surface area contributed by atoms with Gasteiger partial charge >= 0.3 is 0 Å². The van der Waals surface area contributed by atoms with Crippen LogP contribution in [0.3, 0.4) is 0 Å². The van der Waals surface area contributed by atoms with Crippen LogP contribution in [-0.4, -0.2) is 0 Å². The Hall–Kier alpha value is -0.260. The maximum Gasteiger partial charge on any atom is -0.0152 e. The van der Waals surface area contributed by atoms with E-state index in [0.717, 1.165) is 0 Å². The first-order valence-corrected chi connectivity index (χ1v) is 3.82. The zero-order chi connectivity index (χ0) is 7.33. The molecule has 0 spiro atoms. The quantitative estimate of drug-likeness (QED) is 0.506. The molecule has 0 heteroatoms. The first kappa shape index (κ1) is 8.74. The van der Waals surface area contributed by atoms with Crippen LogP contribution in [0.4, 0.5) is 0 Å². The molecule has 1 atom stereocenters. The highest BCUT2D eigenvalue weighted by Crippen LogP contribution is 2.27. The Labute approximate surface area is 59.0 Å². The molecule has 0 aliphatic carbocycles. The molecule has 0 aromatic heterocycles. The van der Waals surface area contributed by atoms with E-state index in [-0.39, 0.29) is 0 Å². The minimum absolute atomic E-state index is 0.398. The molecule has 0 aliphatic rings. The minimum Gasteiger partial charge on any atom is -0.103 e. The van der Waals surface area contributed by atoms with Crippen molar-refractivity contribution in [2.24, 2.45) is 5.41 Å². The predicted molar refractivity (Wildman–Crippen MR) is 43.5 cm³/mol. The van der Waals surface area contributed by atoms with Crippen molar-refractivity contribution in [1.82, 2.24) is 0 Å². The molecule has 0 aliphatic heterocycles. The van der Waals surface area contributed by atoms with Crippen molar-refractivity contribution < 1.29 is 0 Å². The lowest BCUT2D eigenvalue weighted by molar-refractivity contribution is 0.374. The van der Waals surface area contributed by atoms with Gasteiger partial charge in [-0.05, 0) is 18.3 Å². The summed E-state index contributed by atoms with van der Waals surface area (Å²) in [6.07, 6.45) is 5.82. The van der Waals surface area contributed by atoms with Crippen molar-refractivity contribution >= 4 is 0 Å². The van der Waals surface area contributed by atoms with Crippen LogP contribution in [0.1, 0.15) is 40.0 Å². The van der Waals surface area contributed by atoms with Gasteiger partial charge in [-0.15, -0.1) is 6.58 Å². The second kappa shape index (κ2) is 3.71. The first-order chi connectivity index (χ1) is 4.18. The zero-order valence-electron chi connectivity index (χ0n) is 6.91. The molecule has 0 nitrogen and oxygen atoms in total. The summed E-state index contributed by atoms with van der Waals surface area (Å²) >= 11 is 0. The van der Waals surface area contributed by atoms with Gasteiger partial charge in [-0.2, -0.15) is 0 Å². The lowest BCUT2D eigenvalue weighted by Crippen LogP contribution is -2.09. The Bertz CT molecular complexity index is 84.0. The van der Waals surface area contributed by atoms with Crippen LogP contribution < -0.4 is 0 Å². The maximum absolute atomic E-state index is 3.82. The fourth-order valence-electron chi connectivity index (χ4n) is 0.994. The van der Waals surface area contributed by atoms with Gasteiger partial charge in [0.05, 0.1) is 0 Å². The zero-order valence-corrected chi connectivity index (χ0v) is 6.91. The molecule has 1 unspecified atom stereocenters. The van der Waals surface area contributed by atoms with E-state index in [9.17, 15) is 0 Å². The van der Waals surface area contributed by atoms with Crippen molar-refractivity contribution in [2.45, 2.75) is 40.0 Å². The summed E-state index contributed by atoms with van der Waals surface area (Å²) in [4.78, 5) is 0. The Kier molecular flexibility index (Phi) is 3.60. The summed E-state index contributed by atoms with van der Waals surface area (Å²) in [6, 6.07) is 0. The van der Waals surface area contributed by atoms with Crippen LogP contribution in [0, 0.1) is 5.41 Å². The summed E-state index contributed by atoms with van der Waals surface area (Å²) in [7, 11) is 0. The van der Waals surface area contributed by atoms with Crippen molar-refractivity contribution in [2.75, 3.05) is 0 Å². The molecule has 0 rings (SSSR count). The van der Waals surface area contributed by atoms with Crippen LogP contribution in [-0.2, 0) is 0 Å². The molecule has 0 fully saturated rings. The summed E-state index contributed by atoms with van der Waals surface area (Å²) < 4.78 is 0. The molecule has 54 valence electrons. The van der Waals surface area contributed by atoms with Crippen molar-refractivity contribution in [1.29, 1.82) is 0 Å². The normalized spacial score (nSPS) is 16.8. The lowest BCUT2D eigenvalue weighted by Gasteiger charge is -2.22. The summed E-state index contributed by atoms with van der Waals surface area (Å²) in [6.45, 7) is 10.5. The highest BCUT2D eigenvalue weighted by atomic mass is 14.2. The van der Waals surface area contributed by atoms with Crippen LogP contribution in [0.25, 0.3) is 0 Å².